The Labute approximate surface area is 140 Å². The Morgan fingerprint density at radius 3 is 2.57 bits per heavy atom. The number of carbonyl (C=O) groups excluding carboxylic acids is 1. The Morgan fingerprint density at radius 1 is 1.13 bits per heavy atom. The molecule has 0 atom stereocenters. The number of hydrogen-bond acceptors (Lipinski definition) is 3. The maximum absolute atomic E-state index is 11.7. The van der Waals surface area contributed by atoms with E-state index in [0.29, 0.717) is 30.3 Å². The summed E-state index contributed by atoms with van der Waals surface area (Å²) < 4.78 is 5.75. The third-order valence-electron chi connectivity index (χ3n) is 3.85. The van der Waals surface area contributed by atoms with Gasteiger partial charge in [0, 0.05) is 30.2 Å². The number of amides is 1. The minimum Gasteiger partial charge on any atom is -0.489 e. The number of halogens is 1. The van der Waals surface area contributed by atoms with Gasteiger partial charge in [-0.2, -0.15) is 0 Å². The number of nitrogen functional groups attached to an aromatic ring is 1. The van der Waals surface area contributed by atoms with E-state index in [1.807, 2.05) is 35.2 Å². The molecule has 1 aliphatic rings. The molecule has 1 fully saturated rings. The second-order valence-electron chi connectivity index (χ2n) is 5.74. The SMILES string of the molecule is Nc1ccc(OCc2cc(Cl)cc(CN3CCCC3=O)c2)cc1. The van der Waals surface area contributed by atoms with E-state index < -0.39 is 0 Å². The van der Waals surface area contributed by atoms with Gasteiger partial charge in [0.15, 0.2) is 0 Å². The van der Waals surface area contributed by atoms with Gasteiger partial charge >= 0.3 is 0 Å². The van der Waals surface area contributed by atoms with Crippen LogP contribution in [0.15, 0.2) is 42.5 Å². The minimum atomic E-state index is 0.213. The molecule has 2 N–H and O–H groups in total. The summed E-state index contributed by atoms with van der Waals surface area (Å²) in [6, 6.07) is 13.1. The summed E-state index contributed by atoms with van der Waals surface area (Å²) in [5, 5.41) is 0.657. The topological polar surface area (TPSA) is 55.6 Å². The molecular formula is C18H19ClN2O2. The van der Waals surface area contributed by atoms with Crippen LogP contribution in [0.1, 0.15) is 24.0 Å². The largest absolute Gasteiger partial charge is 0.489 e. The third kappa shape index (κ3) is 4.17. The molecule has 0 spiro atoms. The molecule has 3 rings (SSSR count). The number of benzene rings is 2. The highest BCUT2D eigenvalue weighted by Crippen LogP contribution is 2.21. The zero-order chi connectivity index (χ0) is 16.2. The van der Waals surface area contributed by atoms with E-state index >= 15 is 0 Å². The zero-order valence-electron chi connectivity index (χ0n) is 12.8. The van der Waals surface area contributed by atoms with Gasteiger partial charge in [-0.15, -0.1) is 0 Å². The fourth-order valence-corrected chi connectivity index (χ4v) is 2.99. The summed E-state index contributed by atoms with van der Waals surface area (Å²) >= 11 is 6.20. The van der Waals surface area contributed by atoms with Crippen molar-refractivity contribution in [3.8, 4) is 5.75 Å². The van der Waals surface area contributed by atoms with Crippen molar-refractivity contribution in [2.45, 2.75) is 26.0 Å². The van der Waals surface area contributed by atoms with Crippen molar-refractivity contribution in [2.24, 2.45) is 0 Å². The summed E-state index contributed by atoms with van der Waals surface area (Å²) in [5.74, 6) is 0.972. The first-order valence-electron chi connectivity index (χ1n) is 7.64. The molecule has 1 aliphatic heterocycles. The number of hydrogen-bond donors (Lipinski definition) is 1. The molecule has 4 nitrogen and oxygen atoms in total. The maximum Gasteiger partial charge on any atom is 0.222 e. The van der Waals surface area contributed by atoms with E-state index in [-0.39, 0.29) is 5.91 Å². The average molecular weight is 331 g/mol. The zero-order valence-corrected chi connectivity index (χ0v) is 13.6. The van der Waals surface area contributed by atoms with Crippen LogP contribution in [0.3, 0.4) is 0 Å². The summed E-state index contributed by atoms with van der Waals surface area (Å²) in [6.07, 6.45) is 1.58. The normalized spacial score (nSPS) is 14.3. The third-order valence-corrected chi connectivity index (χ3v) is 4.07. The minimum absolute atomic E-state index is 0.213. The molecule has 0 bridgehead atoms. The van der Waals surface area contributed by atoms with E-state index in [2.05, 4.69) is 0 Å². The number of nitrogens with two attached hydrogens (primary N) is 1. The molecule has 120 valence electrons. The highest BCUT2D eigenvalue weighted by molar-refractivity contribution is 6.30. The van der Waals surface area contributed by atoms with Crippen LogP contribution < -0.4 is 10.5 Å². The van der Waals surface area contributed by atoms with Gasteiger partial charge in [0.2, 0.25) is 5.91 Å². The van der Waals surface area contributed by atoms with Gasteiger partial charge in [0.25, 0.3) is 0 Å². The maximum atomic E-state index is 11.7. The van der Waals surface area contributed by atoms with Gasteiger partial charge in [-0.25, -0.2) is 0 Å². The lowest BCUT2D eigenvalue weighted by molar-refractivity contribution is -0.128. The number of ether oxygens (including phenoxy) is 1. The quantitative estimate of drug-likeness (QED) is 0.852. The fourth-order valence-electron chi connectivity index (χ4n) is 2.71. The van der Waals surface area contributed by atoms with Crippen molar-refractivity contribution in [1.29, 1.82) is 0 Å². The van der Waals surface area contributed by atoms with Crippen molar-refractivity contribution in [3.63, 3.8) is 0 Å². The lowest BCUT2D eigenvalue weighted by atomic mass is 10.1. The first-order valence-corrected chi connectivity index (χ1v) is 8.02. The van der Waals surface area contributed by atoms with E-state index in [0.717, 1.165) is 29.8 Å². The second kappa shape index (κ2) is 6.92. The smallest absolute Gasteiger partial charge is 0.222 e. The molecule has 5 heteroatoms. The molecule has 0 unspecified atom stereocenters. The van der Waals surface area contributed by atoms with Crippen LogP contribution in [0.4, 0.5) is 5.69 Å². The molecule has 1 saturated heterocycles. The number of likely N-dealkylation sites (tertiary alicyclic amines) is 1. The first-order chi connectivity index (χ1) is 11.1. The molecule has 1 amide bonds. The predicted molar refractivity (Wildman–Crippen MR) is 91.3 cm³/mol. The Balaban J connectivity index is 1.67. The summed E-state index contributed by atoms with van der Waals surface area (Å²) in [6.45, 7) is 1.85. The van der Waals surface area contributed by atoms with E-state index in [9.17, 15) is 4.79 Å². The van der Waals surface area contributed by atoms with Crippen molar-refractivity contribution < 1.29 is 9.53 Å². The molecule has 1 heterocycles. The highest BCUT2D eigenvalue weighted by atomic mass is 35.5. The lowest BCUT2D eigenvalue weighted by Crippen LogP contribution is -2.23. The van der Waals surface area contributed by atoms with Gasteiger partial charge in [-0.3, -0.25) is 4.79 Å². The van der Waals surface area contributed by atoms with Crippen LogP contribution in [0.5, 0.6) is 5.75 Å². The van der Waals surface area contributed by atoms with E-state index in [1.165, 1.54) is 0 Å². The van der Waals surface area contributed by atoms with Crippen molar-refractivity contribution in [1.82, 2.24) is 4.90 Å². The summed E-state index contributed by atoms with van der Waals surface area (Å²) in [5.41, 5.74) is 8.38. The Morgan fingerprint density at radius 2 is 1.87 bits per heavy atom. The van der Waals surface area contributed by atoms with Gasteiger partial charge in [-0.05, 0) is 53.9 Å². The average Bonchev–Trinajstić information content (AvgIpc) is 2.91. The van der Waals surface area contributed by atoms with Crippen LogP contribution in [-0.4, -0.2) is 17.4 Å². The Hall–Kier alpha value is -2.20. The number of anilines is 1. The summed E-state index contributed by atoms with van der Waals surface area (Å²) in [7, 11) is 0. The number of rotatable bonds is 5. The Bertz CT molecular complexity index is 701. The van der Waals surface area contributed by atoms with Gasteiger partial charge in [-0.1, -0.05) is 17.7 Å². The number of carbonyl (C=O) groups is 1. The molecule has 2 aromatic rings. The van der Waals surface area contributed by atoms with Crippen molar-refractivity contribution in [3.05, 3.63) is 58.6 Å². The monoisotopic (exact) mass is 330 g/mol. The lowest BCUT2D eigenvalue weighted by Gasteiger charge is -2.16. The van der Waals surface area contributed by atoms with E-state index in [1.54, 1.807) is 12.1 Å². The second-order valence-corrected chi connectivity index (χ2v) is 6.18. The number of nitrogens with zero attached hydrogens (tertiary/aromatic N) is 1. The molecule has 2 aromatic carbocycles. The van der Waals surface area contributed by atoms with Crippen LogP contribution in [0.25, 0.3) is 0 Å². The predicted octanol–water partition coefficient (Wildman–Crippen LogP) is 3.62. The molecule has 0 saturated carbocycles. The van der Waals surface area contributed by atoms with E-state index in [4.69, 9.17) is 22.1 Å². The molecule has 0 aliphatic carbocycles. The Kier molecular flexibility index (Phi) is 4.72. The van der Waals surface area contributed by atoms with Gasteiger partial charge in [0.1, 0.15) is 12.4 Å². The van der Waals surface area contributed by atoms with Gasteiger partial charge < -0.3 is 15.4 Å². The molecular weight excluding hydrogens is 312 g/mol. The highest BCUT2D eigenvalue weighted by Gasteiger charge is 2.20. The first kappa shape index (κ1) is 15.7. The van der Waals surface area contributed by atoms with Gasteiger partial charge in [0.05, 0.1) is 0 Å². The molecule has 0 aromatic heterocycles. The molecule has 0 radical (unpaired) electrons. The standard InChI is InChI=1S/C18H19ClN2O2/c19-15-9-13(11-21-7-1-2-18(21)22)8-14(10-15)12-23-17-5-3-16(20)4-6-17/h3-6,8-10H,1-2,7,11-12,20H2. The summed E-state index contributed by atoms with van der Waals surface area (Å²) in [4.78, 5) is 13.6. The van der Waals surface area contributed by atoms with Crippen LogP contribution in [0.2, 0.25) is 5.02 Å². The van der Waals surface area contributed by atoms with Crippen LogP contribution in [0, 0.1) is 0 Å². The molecule has 23 heavy (non-hydrogen) atoms. The van der Waals surface area contributed by atoms with Crippen LogP contribution in [-0.2, 0) is 17.9 Å². The van der Waals surface area contributed by atoms with Crippen molar-refractivity contribution >= 4 is 23.2 Å². The van der Waals surface area contributed by atoms with Crippen molar-refractivity contribution in [2.75, 3.05) is 12.3 Å². The van der Waals surface area contributed by atoms with Crippen LogP contribution >= 0.6 is 11.6 Å². The fraction of sp³-hybridized carbons (Fsp3) is 0.278.